The molecule has 2 fully saturated rings. The lowest BCUT2D eigenvalue weighted by Gasteiger charge is -2.16. The number of hydrogen-bond acceptors (Lipinski definition) is 6. The van der Waals surface area contributed by atoms with E-state index in [1.54, 1.807) is 6.07 Å². The highest BCUT2D eigenvalue weighted by molar-refractivity contribution is 8.00. The number of hydrogen-bond donors (Lipinski definition) is 3. The van der Waals surface area contributed by atoms with Gasteiger partial charge in [-0.3, -0.25) is 9.59 Å². The minimum Gasteiger partial charge on any atom is -0.449 e. The lowest BCUT2D eigenvalue weighted by molar-refractivity contribution is -0.142. The minimum atomic E-state index is -0.613. The van der Waals surface area contributed by atoms with Crippen LogP contribution in [0.4, 0.5) is 4.79 Å². The van der Waals surface area contributed by atoms with Gasteiger partial charge in [0.15, 0.2) is 6.61 Å². The van der Waals surface area contributed by atoms with Crippen molar-refractivity contribution in [3.05, 3.63) is 0 Å². The summed E-state index contributed by atoms with van der Waals surface area (Å²) >= 11 is 1.85. The van der Waals surface area contributed by atoms with Crippen LogP contribution in [0.3, 0.4) is 0 Å². The van der Waals surface area contributed by atoms with Crippen LogP contribution in [0.2, 0.25) is 0 Å². The molecule has 2 aliphatic rings. The molecule has 3 N–H and O–H groups in total. The predicted molar refractivity (Wildman–Crippen MR) is 83.5 cm³/mol. The van der Waals surface area contributed by atoms with E-state index in [0.717, 1.165) is 25.0 Å². The summed E-state index contributed by atoms with van der Waals surface area (Å²) in [7, 11) is 0. The fourth-order valence-corrected chi connectivity index (χ4v) is 4.24. The molecule has 3 atom stereocenters. The number of urea groups is 1. The van der Waals surface area contributed by atoms with Gasteiger partial charge in [-0.2, -0.15) is 17.0 Å². The van der Waals surface area contributed by atoms with Gasteiger partial charge in [0.05, 0.1) is 12.1 Å². The Bertz CT molecular complexity index is 507. The van der Waals surface area contributed by atoms with E-state index in [9.17, 15) is 14.4 Å². The number of rotatable bonds is 8. The largest absolute Gasteiger partial charge is 0.449 e. The van der Waals surface area contributed by atoms with Crippen molar-refractivity contribution in [2.24, 2.45) is 0 Å². The Labute approximate surface area is 138 Å². The smallest absolute Gasteiger partial charge is 0.326 e. The number of nitrogens with zero attached hydrogens (tertiary/aromatic N) is 1. The Morgan fingerprint density at radius 1 is 1.39 bits per heavy atom. The standard InChI is InChI=1S/C14H20N4O4S/c15-5-6-22-12(20)7-16-11(19)4-2-1-3-10-13-9(8-23-10)17-14(21)18-13/h9-10,13H,1-4,6-8H2,(H,16,19)(H2,17,18,21)/t9-,10-,13-/m0/s1. The topological polar surface area (TPSA) is 120 Å². The Balaban J connectivity index is 1.53. The molecule has 0 aliphatic carbocycles. The van der Waals surface area contributed by atoms with Gasteiger partial charge in [0, 0.05) is 17.4 Å². The van der Waals surface area contributed by atoms with Crippen LogP contribution >= 0.6 is 11.8 Å². The lowest BCUT2D eigenvalue weighted by Crippen LogP contribution is -2.36. The zero-order valence-electron chi connectivity index (χ0n) is 12.7. The van der Waals surface area contributed by atoms with Crippen LogP contribution in [0.1, 0.15) is 25.7 Å². The molecule has 2 rings (SSSR count). The summed E-state index contributed by atoms with van der Waals surface area (Å²) in [4.78, 5) is 34.0. The number of esters is 1. The second-order valence-electron chi connectivity index (χ2n) is 5.46. The Morgan fingerprint density at radius 3 is 3.00 bits per heavy atom. The second kappa shape index (κ2) is 8.62. The van der Waals surface area contributed by atoms with E-state index in [-0.39, 0.29) is 37.2 Å². The van der Waals surface area contributed by atoms with Crippen molar-refractivity contribution in [2.75, 3.05) is 18.9 Å². The molecular weight excluding hydrogens is 320 g/mol. The average Bonchev–Trinajstić information content (AvgIpc) is 3.07. The molecule has 0 unspecified atom stereocenters. The van der Waals surface area contributed by atoms with Gasteiger partial charge in [0.25, 0.3) is 0 Å². The van der Waals surface area contributed by atoms with E-state index in [2.05, 4.69) is 20.7 Å². The maximum Gasteiger partial charge on any atom is 0.326 e. The fraction of sp³-hybridized carbons (Fsp3) is 0.714. The molecule has 0 spiro atoms. The van der Waals surface area contributed by atoms with E-state index in [1.165, 1.54) is 0 Å². The van der Waals surface area contributed by atoms with Gasteiger partial charge in [0.2, 0.25) is 5.91 Å². The monoisotopic (exact) mass is 340 g/mol. The molecule has 3 amide bonds. The summed E-state index contributed by atoms with van der Waals surface area (Å²) < 4.78 is 4.53. The zero-order valence-corrected chi connectivity index (χ0v) is 13.5. The van der Waals surface area contributed by atoms with Gasteiger partial charge in [-0.15, -0.1) is 0 Å². The molecule has 2 heterocycles. The van der Waals surface area contributed by atoms with Gasteiger partial charge in [-0.1, -0.05) is 6.42 Å². The van der Waals surface area contributed by atoms with Crippen molar-refractivity contribution in [3.63, 3.8) is 0 Å². The quantitative estimate of drug-likeness (QED) is 0.322. The Morgan fingerprint density at radius 2 is 2.22 bits per heavy atom. The number of carbonyl (C=O) groups excluding carboxylic acids is 3. The SMILES string of the molecule is N#CCOC(=O)CNC(=O)CCCC[C@@H]1SC[C@@H]2NC(=O)N[C@@H]21. The average molecular weight is 340 g/mol. The van der Waals surface area contributed by atoms with Gasteiger partial charge in [0.1, 0.15) is 12.6 Å². The minimum absolute atomic E-state index is 0.0899. The Hall–Kier alpha value is -1.95. The van der Waals surface area contributed by atoms with Crippen molar-refractivity contribution < 1.29 is 19.1 Å². The van der Waals surface area contributed by atoms with Crippen LogP contribution in [-0.2, 0) is 14.3 Å². The summed E-state index contributed by atoms with van der Waals surface area (Å²) in [5.41, 5.74) is 0. The van der Waals surface area contributed by atoms with E-state index in [4.69, 9.17) is 5.26 Å². The van der Waals surface area contributed by atoms with E-state index in [1.807, 2.05) is 11.8 Å². The summed E-state index contributed by atoms with van der Waals surface area (Å²) in [5.74, 6) is 0.115. The molecule has 126 valence electrons. The first-order chi connectivity index (χ1) is 11.1. The zero-order chi connectivity index (χ0) is 16.7. The first-order valence-corrected chi connectivity index (χ1v) is 8.63. The van der Waals surface area contributed by atoms with Crippen LogP contribution in [-0.4, -0.2) is 54.1 Å². The molecule has 8 nitrogen and oxygen atoms in total. The van der Waals surface area contributed by atoms with Crippen LogP contribution < -0.4 is 16.0 Å². The maximum atomic E-state index is 11.6. The summed E-state index contributed by atoms with van der Waals surface area (Å²) in [5, 5.41) is 17.0. The van der Waals surface area contributed by atoms with Crippen LogP contribution in [0.5, 0.6) is 0 Å². The first-order valence-electron chi connectivity index (χ1n) is 7.58. The third-order valence-corrected chi connectivity index (χ3v) is 5.32. The van der Waals surface area contributed by atoms with Gasteiger partial charge in [-0.25, -0.2) is 4.79 Å². The van der Waals surface area contributed by atoms with Crippen LogP contribution in [0.15, 0.2) is 0 Å². The van der Waals surface area contributed by atoms with E-state index >= 15 is 0 Å². The number of thioether (sulfide) groups is 1. The van der Waals surface area contributed by atoms with Gasteiger partial charge >= 0.3 is 12.0 Å². The molecule has 9 heteroatoms. The normalized spacial score (nSPS) is 25.0. The summed E-state index contributed by atoms with van der Waals surface area (Å²) in [6.45, 7) is -0.512. The number of nitriles is 1. The van der Waals surface area contributed by atoms with Crippen molar-refractivity contribution >= 4 is 29.7 Å². The van der Waals surface area contributed by atoms with E-state index < -0.39 is 5.97 Å². The number of ether oxygens (including phenoxy) is 1. The number of amides is 3. The molecule has 2 aliphatic heterocycles. The molecule has 0 bridgehead atoms. The highest BCUT2D eigenvalue weighted by atomic mass is 32.2. The first kappa shape index (κ1) is 17.4. The van der Waals surface area contributed by atoms with Crippen LogP contribution in [0, 0.1) is 11.3 Å². The maximum absolute atomic E-state index is 11.6. The summed E-state index contributed by atoms with van der Waals surface area (Å²) in [6, 6.07) is 2.01. The van der Waals surface area contributed by atoms with Crippen molar-refractivity contribution in [1.29, 1.82) is 5.26 Å². The molecule has 0 aromatic heterocycles. The second-order valence-corrected chi connectivity index (χ2v) is 6.74. The summed E-state index contributed by atoms with van der Waals surface area (Å²) in [6.07, 6.45) is 2.92. The van der Waals surface area contributed by atoms with E-state index in [0.29, 0.717) is 11.7 Å². The highest BCUT2D eigenvalue weighted by Crippen LogP contribution is 2.33. The van der Waals surface area contributed by atoms with Crippen molar-refractivity contribution in [1.82, 2.24) is 16.0 Å². The number of fused-ring (bicyclic) bond motifs is 1. The van der Waals surface area contributed by atoms with Gasteiger partial charge < -0.3 is 20.7 Å². The number of unbranched alkanes of at least 4 members (excludes halogenated alkanes) is 1. The van der Waals surface area contributed by atoms with Crippen molar-refractivity contribution in [2.45, 2.75) is 43.0 Å². The third-order valence-electron chi connectivity index (χ3n) is 3.81. The molecule has 0 radical (unpaired) electrons. The Kier molecular flexibility index (Phi) is 6.52. The fourth-order valence-electron chi connectivity index (χ4n) is 2.70. The lowest BCUT2D eigenvalue weighted by atomic mass is 10.0. The molecule has 0 aromatic rings. The molecule has 2 saturated heterocycles. The highest BCUT2D eigenvalue weighted by Gasteiger charge is 2.42. The molecule has 0 aromatic carbocycles. The molecule has 23 heavy (non-hydrogen) atoms. The van der Waals surface area contributed by atoms with Crippen molar-refractivity contribution in [3.8, 4) is 6.07 Å². The number of nitrogens with one attached hydrogen (secondary N) is 3. The van der Waals surface area contributed by atoms with Gasteiger partial charge in [-0.05, 0) is 12.8 Å². The predicted octanol–water partition coefficient (Wildman–Crippen LogP) is -0.105. The molecule has 0 saturated carbocycles. The van der Waals surface area contributed by atoms with Crippen LogP contribution in [0.25, 0.3) is 0 Å². The third kappa shape index (κ3) is 5.32. The number of carbonyl (C=O) groups is 3. The molecular formula is C14H20N4O4S.